The van der Waals surface area contributed by atoms with E-state index in [0.29, 0.717) is 12.2 Å². The predicted octanol–water partition coefficient (Wildman–Crippen LogP) is 2.78. The number of hydrogen-bond acceptors (Lipinski definition) is 2. The fourth-order valence-electron chi connectivity index (χ4n) is 0.295. The summed E-state index contributed by atoms with van der Waals surface area (Å²) >= 11 is 0. The van der Waals surface area contributed by atoms with Crippen molar-refractivity contribution in [2.45, 2.75) is 47.3 Å². The Balaban J connectivity index is 0.000000187. The summed E-state index contributed by atoms with van der Waals surface area (Å²) in [6.45, 7) is 13.0. The molecule has 0 saturated carbocycles. The lowest BCUT2D eigenvalue weighted by molar-refractivity contribution is -0.379. The van der Waals surface area contributed by atoms with E-state index in [4.69, 9.17) is 9.47 Å². The van der Waals surface area contributed by atoms with Crippen LogP contribution in [-0.4, -0.2) is 12.6 Å². The molecule has 0 spiro atoms. The number of hydrogen-bond donors (Lipinski definition) is 0. The third-order valence-electron chi connectivity index (χ3n) is 0.813. The van der Waals surface area contributed by atoms with E-state index in [2.05, 4.69) is 27.7 Å². The molecule has 0 aromatic rings. The van der Waals surface area contributed by atoms with Gasteiger partial charge in [0.05, 0.1) is 0 Å². The van der Waals surface area contributed by atoms with Crippen molar-refractivity contribution < 1.29 is 9.47 Å². The summed E-state index contributed by atoms with van der Waals surface area (Å²) in [6.07, 6.45) is 0. The van der Waals surface area contributed by atoms with Gasteiger partial charge in [0.1, 0.15) is 0 Å². The minimum Gasteiger partial charge on any atom is -0.324 e. The minimum absolute atomic E-state index is 0.278. The minimum atomic E-state index is -0.278. The first-order valence-electron chi connectivity index (χ1n) is 3.99. The van der Waals surface area contributed by atoms with Crippen LogP contribution in [0.2, 0.25) is 0 Å². The smallest absolute Gasteiger partial charge is 0.168 e. The first kappa shape index (κ1) is 10.9. The molecule has 68 valence electrons. The van der Waals surface area contributed by atoms with Gasteiger partial charge in [-0.15, -0.1) is 0 Å². The molecule has 0 unspecified atom stereocenters. The fraction of sp³-hybridized carbons (Fsp3) is 1.00. The maximum atomic E-state index is 4.90. The van der Waals surface area contributed by atoms with Crippen LogP contribution in [0.3, 0.4) is 0 Å². The SMILES string of the molecule is CC(C)(C)C.CC1(C)OCO1. The van der Waals surface area contributed by atoms with Gasteiger partial charge in [-0.1, -0.05) is 27.7 Å². The zero-order valence-corrected chi connectivity index (χ0v) is 8.52. The van der Waals surface area contributed by atoms with Gasteiger partial charge in [-0.2, -0.15) is 0 Å². The standard InChI is InChI=1S/C5H12.C4H8O2/c1-5(2,3)4;1-4(2)5-3-6-4/h1-4H3;3H2,1-2H3. The van der Waals surface area contributed by atoms with Crippen LogP contribution in [0, 0.1) is 5.41 Å². The molecule has 2 nitrogen and oxygen atoms in total. The van der Waals surface area contributed by atoms with Gasteiger partial charge in [-0.3, -0.25) is 0 Å². The van der Waals surface area contributed by atoms with Gasteiger partial charge in [0.2, 0.25) is 0 Å². The molecule has 0 aliphatic carbocycles. The fourth-order valence-corrected chi connectivity index (χ4v) is 0.295. The molecule has 1 fully saturated rings. The van der Waals surface area contributed by atoms with E-state index in [9.17, 15) is 0 Å². The summed E-state index contributed by atoms with van der Waals surface area (Å²) in [6, 6.07) is 0. The molecule has 0 aromatic heterocycles. The van der Waals surface area contributed by atoms with Crippen molar-refractivity contribution in [2.24, 2.45) is 5.41 Å². The summed E-state index contributed by atoms with van der Waals surface area (Å²) < 4.78 is 9.79. The van der Waals surface area contributed by atoms with Crippen molar-refractivity contribution in [1.82, 2.24) is 0 Å². The van der Waals surface area contributed by atoms with Crippen LogP contribution >= 0.6 is 0 Å². The van der Waals surface area contributed by atoms with Crippen LogP contribution in [0.25, 0.3) is 0 Å². The highest BCUT2D eigenvalue weighted by Crippen LogP contribution is 2.19. The topological polar surface area (TPSA) is 18.5 Å². The van der Waals surface area contributed by atoms with Gasteiger partial charge in [-0.05, 0) is 19.3 Å². The first-order chi connectivity index (χ1) is 4.71. The molecule has 0 radical (unpaired) electrons. The molecule has 0 bridgehead atoms. The van der Waals surface area contributed by atoms with Gasteiger partial charge in [0.15, 0.2) is 12.6 Å². The van der Waals surface area contributed by atoms with Crippen LogP contribution < -0.4 is 0 Å². The van der Waals surface area contributed by atoms with Gasteiger partial charge >= 0.3 is 0 Å². The van der Waals surface area contributed by atoms with Crippen molar-refractivity contribution in [3.8, 4) is 0 Å². The Hall–Kier alpha value is -0.0800. The molecule has 1 aliphatic heterocycles. The van der Waals surface area contributed by atoms with Crippen LogP contribution in [0.1, 0.15) is 41.5 Å². The molecule has 1 aliphatic rings. The van der Waals surface area contributed by atoms with Crippen molar-refractivity contribution in [3.05, 3.63) is 0 Å². The number of ether oxygens (including phenoxy) is 2. The zero-order chi connectivity index (χ0) is 9.12. The van der Waals surface area contributed by atoms with E-state index in [-0.39, 0.29) is 5.79 Å². The predicted molar refractivity (Wildman–Crippen MR) is 46.2 cm³/mol. The van der Waals surface area contributed by atoms with E-state index in [1.54, 1.807) is 0 Å². The molecular formula is C9H20O2. The van der Waals surface area contributed by atoms with Gasteiger partial charge in [0.25, 0.3) is 0 Å². The Morgan fingerprint density at radius 2 is 1.18 bits per heavy atom. The molecule has 0 N–H and O–H groups in total. The lowest BCUT2D eigenvalue weighted by Crippen LogP contribution is -2.40. The average molecular weight is 160 g/mol. The maximum absolute atomic E-state index is 4.90. The zero-order valence-electron chi connectivity index (χ0n) is 8.52. The van der Waals surface area contributed by atoms with E-state index in [1.807, 2.05) is 13.8 Å². The Morgan fingerprint density at radius 1 is 1.00 bits per heavy atom. The summed E-state index contributed by atoms with van der Waals surface area (Å²) in [7, 11) is 0. The summed E-state index contributed by atoms with van der Waals surface area (Å²) in [5.74, 6) is -0.278. The average Bonchev–Trinajstić information content (AvgIpc) is 1.57. The van der Waals surface area contributed by atoms with Crippen LogP contribution in [0.5, 0.6) is 0 Å². The van der Waals surface area contributed by atoms with E-state index >= 15 is 0 Å². The summed E-state index contributed by atoms with van der Waals surface area (Å²) in [5, 5.41) is 0. The molecule has 2 heteroatoms. The second-order valence-electron chi connectivity index (χ2n) is 4.81. The highest BCUT2D eigenvalue weighted by Gasteiger charge is 2.27. The highest BCUT2D eigenvalue weighted by atomic mass is 16.9. The molecular weight excluding hydrogens is 140 g/mol. The van der Waals surface area contributed by atoms with Crippen molar-refractivity contribution >= 4 is 0 Å². The molecule has 1 rings (SSSR count). The van der Waals surface area contributed by atoms with Gasteiger partial charge in [-0.25, -0.2) is 0 Å². The molecule has 1 heterocycles. The van der Waals surface area contributed by atoms with E-state index in [0.717, 1.165) is 0 Å². The Labute approximate surface area is 69.9 Å². The third-order valence-corrected chi connectivity index (χ3v) is 0.813. The van der Waals surface area contributed by atoms with Crippen LogP contribution in [-0.2, 0) is 9.47 Å². The molecule has 0 atom stereocenters. The van der Waals surface area contributed by atoms with Crippen molar-refractivity contribution in [3.63, 3.8) is 0 Å². The lowest BCUT2D eigenvalue weighted by atomic mass is 10.0. The largest absolute Gasteiger partial charge is 0.324 e. The molecule has 1 saturated heterocycles. The van der Waals surface area contributed by atoms with Crippen LogP contribution in [0.4, 0.5) is 0 Å². The molecule has 0 amide bonds. The maximum Gasteiger partial charge on any atom is 0.168 e. The normalized spacial score (nSPS) is 21.3. The monoisotopic (exact) mass is 160 g/mol. The van der Waals surface area contributed by atoms with E-state index in [1.165, 1.54) is 0 Å². The van der Waals surface area contributed by atoms with Crippen molar-refractivity contribution in [1.29, 1.82) is 0 Å². The third kappa shape index (κ3) is 9.92. The second kappa shape index (κ2) is 3.55. The number of rotatable bonds is 0. The first-order valence-corrected chi connectivity index (χ1v) is 3.99. The Kier molecular flexibility index (Phi) is 3.52. The van der Waals surface area contributed by atoms with Gasteiger partial charge in [0, 0.05) is 0 Å². The quantitative estimate of drug-likeness (QED) is 0.542. The highest BCUT2D eigenvalue weighted by molar-refractivity contribution is 4.56. The Bertz CT molecular complexity index is 99.2. The van der Waals surface area contributed by atoms with Crippen LogP contribution in [0.15, 0.2) is 0 Å². The van der Waals surface area contributed by atoms with Crippen molar-refractivity contribution in [2.75, 3.05) is 6.79 Å². The molecule has 0 aromatic carbocycles. The molecule has 11 heavy (non-hydrogen) atoms. The second-order valence-corrected chi connectivity index (χ2v) is 4.81. The van der Waals surface area contributed by atoms with Gasteiger partial charge < -0.3 is 9.47 Å². The lowest BCUT2D eigenvalue weighted by Gasteiger charge is -2.34. The summed E-state index contributed by atoms with van der Waals surface area (Å²) in [4.78, 5) is 0. The Morgan fingerprint density at radius 3 is 1.18 bits per heavy atom. The summed E-state index contributed by atoms with van der Waals surface area (Å²) in [5.41, 5.74) is 0.500. The van der Waals surface area contributed by atoms with E-state index < -0.39 is 0 Å².